The van der Waals surface area contributed by atoms with Gasteiger partial charge in [0.2, 0.25) is 10.0 Å². The predicted molar refractivity (Wildman–Crippen MR) is 99.4 cm³/mol. The summed E-state index contributed by atoms with van der Waals surface area (Å²) in [6.07, 6.45) is 3.53. The summed E-state index contributed by atoms with van der Waals surface area (Å²) in [6.45, 7) is 3.98. The Kier molecular flexibility index (Phi) is 5.52. The minimum atomic E-state index is -3.23. The molecule has 1 saturated heterocycles. The minimum Gasteiger partial charge on any atom is -0.361 e. The van der Waals surface area contributed by atoms with Crippen molar-refractivity contribution in [2.45, 2.75) is 32.7 Å². The van der Waals surface area contributed by atoms with E-state index in [2.05, 4.69) is 26.0 Å². The number of piperidine rings is 1. The molecule has 2 aromatic rings. The Hall–Kier alpha value is -2.73. The fraction of sp³-hybridized carbons (Fsp3) is 0.500. The van der Waals surface area contributed by atoms with Crippen LogP contribution in [0.5, 0.6) is 0 Å². The molecule has 0 atom stereocenters. The third-order valence-corrected chi connectivity index (χ3v) is 5.94. The van der Waals surface area contributed by atoms with E-state index in [0.717, 1.165) is 0 Å². The molecule has 2 aromatic heterocycles. The molecule has 1 aliphatic heterocycles. The van der Waals surface area contributed by atoms with Crippen LogP contribution >= 0.6 is 0 Å². The van der Waals surface area contributed by atoms with Crippen LogP contribution in [0.15, 0.2) is 10.7 Å². The maximum Gasteiger partial charge on any atom is 0.271 e. The molecule has 12 heteroatoms. The van der Waals surface area contributed by atoms with Crippen molar-refractivity contribution < 1.29 is 22.5 Å². The Morgan fingerprint density at radius 1 is 1.25 bits per heavy atom. The first-order valence-corrected chi connectivity index (χ1v) is 10.5. The van der Waals surface area contributed by atoms with E-state index in [4.69, 9.17) is 4.52 Å². The Morgan fingerprint density at radius 3 is 2.50 bits per heavy atom. The fourth-order valence-corrected chi connectivity index (χ4v) is 4.01. The molecular formula is C16H22N6O5S. The molecule has 1 aliphatic rings. The summed E-state index contributed by atoms with van der Waals surface area (Å²) in [4.78, 5) is 25.0. The summed E-state index contributed by atoms with van der Waals surface area (Å²) in [5, 5.41) is 15.6. The molecule has 0 saturated carbocycles. The molecule has 1 fully saturated rings. The summed E-state index contributed by atoms with van der Waals surface area (Å²) >= 11 is 0. The van der Waals surface area contributed by atoms with Crippen LogP contribution in [-0.2, 0) is 10.0 Å². The van der Waals surface area contributed by atoms with E-state index in [0.29, 0.717) is 42.9 Å². The average molecular weight is 410 g/mol. The topological polar surface area (TPSA) is 150 Å². The van der Waals surface area contributed by atoms with E-state index < -0.39 is 21.8 Å². The standard InChI is InChI=1S/C16H22N6O5S/c1-9-13(10(2)27-21-9)15(23)19-12-8-17-20-14(12)16(24)18-11-4-6-22(7-5-11)28(3,25)26/h8,11H,4-7H2,1-3H3,(H,17,20)(H,18,24)(H,19,23). The third-order valence-electron chi connectivity index (χ3n) is 4.63. The average Bonchev–Trinajstić information content (AvgIpc) is 3.21. The van der Waals surface area contributed by atoms with E-state index in [1.807, 2.05) is 0 Å². The lowest BCUT2D eigenvalue weighted by atomic mass is 10.1. The molecule has 0 radical (unpaired) electrons. The zero-order chi connectivity index (χ0) is 20.5. The van der Waals surface area contributed by atoms with Crippen LogP contribution in [0.25, 0.3) is 0 Å². The molecule has 11 nitrogen and oxygen atoms in total. The number of carbonyl (C=O) groups excluding carboxylic acids is 2. The summed E-state index contributed by atoms with van der Waals surface area (Å²) < 4.78 is 29.5. The first kappa shape index (κ1) is 20.0. The highest BCUT2D eigenvalue weighted by atomic mass is 32.2. The SMILES string of the molecule is Cc1noc(C)c1C(=O)Nc1cn[nH]c1C(=O)NC1CCN(S(C)(=O)=O)CC1. The van der Waals surface area contributed by atoms with Gasteiger partial charge in [0.05, 0.1) is 23.8 Å². The Labute approximate surface area is 161 Å². The molecule has 3 heterocycles. The number of aryl methyl sites for hydroxylation is 2. The Balaban J connectivity index is 1.64. The number of nitrogens with one attached hydrogen (secondary N) is 3. The number of anilines is 1. The van der Waals surface area contributed by atoms with Gasteiger partial charge < -0.3 is 15.2 Å². The van der Waals surface area contributed by atoms with Crippen LogP contribution in [-0.4, -0.2) is 65.3 Å². The maximum atomic E-state index is 12.6. The van der Waals surface area contributed by atoms with Gasteiger partial charge in [-0.1, -0.05) is 5.16 Å². The number of rotatable bonds is 5. The Bertz CT molecular complexity index is 968. The molecule has 152 valence electrons. The molecule has 3 rings (SSSR count). The molecular weight excluding hydrogens is 388 g/mol. The number of sulfonamides is 1. The number of H-pyrrole nitrogens is 1. The molecule has 0 aliphatic carbocycles. The van der Waals surface area contributed by atoms with Crippen LogP contribution in [0, 0.1) is 13.8 Å². The van der Waals surface area contributed by atoms with Crippen LogP contribution in [0.1, 0.15) is 45.1 Å². The highest BCUT2D eigenvalue weighted by Crippen LogP contribution is 2.19. The van der Waals surface area contributed by atoms with Crippen molar-refractivity contribution >= 4 is 27.5 Å². The highest BCUT2D eigenvalue weighted by molar-refractivity contribution is 7.88. The molecule has 2 amide bonds. The van der Waals surface area contributed by atoms with Crippen molar-refractivity contribution in [1.82, 2.24) is 25.0 Å². The van der Waals surface area contributed by atoms with E-state index in [9.17, 15) is 18.0 Å². The van der Waals surface area contributed by atoms with Crippen molar-refractivity contribution in [2.24, 2.45) is 0 Å². The second kappa shape index (κ2) is 7.72. The van der Waals surface area contributed by atoms with Crippen molar-refractivity contribution in [2.75, 3.05) is 24.7 Å². The van der Waals surface area contributed by atoms with Gasteiger partial charge in [-0.05, 0) is 26.7 Å². The quantitative estimate of drug-likeness (QED) is 0.646. The van der Waals surface area contributed by atoms with Crippen molar-refractivity contribution in [3.8, 4) is 0 Å². The monoisotopic (exact) mass is 410 g/mol. The molecule has 0 bridgehead atoms. The number of amides is 2. The van der Waals surface area contributed by atoms with Crippen LogP contribution < -0.4 is 10.6 Å². The van der Waals surface area contributed by atoms with Crippen LogP contribution in [0.4, 0.5) is 5.69 Å². The lowest BCUT2D eigenvalue weighted by Crippen LogP contribution is -2.46. The van der Waals surface area contributed by atoms with Gasteiger partial charge in [-0.25, -0.2) is 12.7 Å². The van der Waals surface area contributed by atoms with Crippen molar-refractivity contribution in [1.29, 1.82) is 0 Å². The van der Waals surface area contributed by atoms with Gasteiger partial charge in [0, 0.05) is 19.1 Å². The van der Waals surface area contributed by atoms with Crippen molar-refractivity contribution in [3.05, 3.63) is 28.9 Å². The fourth-order valence-electron chi connectivity index (χ4n) is 3.14. The number of hydrogen-bond acceptors (Lipinski definition) is 7. The Morgan fingerprint density at radius 2 is 1.93 bits per heavy atom. The van der Waals surface area contributed by atoms with Gasteiger partial charge in [-0.15, -0.1) is 0 Å². The summed E-state index contributed by atoms with van der Waals surface area (Å²) in [6, 6.07) is -0.167. The molecule has 0 spiro atoms. The van der Waals surface area contributed by atoms with Crippen molar-refractivity contribution in [3.63, 3.8) is 0 Å². The molecule has 0 unspecified atom stereocenters. The predicted octanol–water partition coefficient (Wildman–Crippen LogP) is 0.421. The second-order valence-electron chi connectivity index (χ2n) is 6.72. The first-order chi connectivity index (χ1) is 13.2. The van der Waals surface area contributed by atoms with Gasteiger partial charge in [0.25, 0.3) is 11.8 Å². The highest BCUT2D eigenvalue weighted by Gasteiger charge is 2.27. The third kappa shape index (κ3) is 4.22. The van der Waals surface area contributed by atoms with E-state index in [-0.39, 0.29) is 17.4 Å². The number of aromatic amines is 1. The normalized spacial score (nSPS) is 16.1. The maximum absolute atomic E-state index is 12.6. The summed E-state index contributed by atoms with van der Waals surface area (Å²) in [5.41, 5.74) is 1.10. The van der Waals surface area contributed by atoms with Gasteiger partial charge >= 0.3 is 0 Å². The summed E-state index contributed by atoms with van der Waals surface area (Å²) in [5.74, 6) is -0.500. The van der Waals surface area contributed by atoms with E-state index in [1.165, 1.54) is 16.8 Å². The zero-order valence-corrected chi connectivity index (χ0v) is 16.6. The second-order valence-corrected chi connectivity index (χ2v) is 8.70. The summed E-state index contributed by atoms with van der Waals surface area (Å²) in [7, 11) is -3.23. The lowest BCUT2D eigenvalue weighted by molar-refractivity contribution is 0.0919. The van der Waals surface area contributed by atoms with Crippen LogP contribution in [0.3, 0.4) is 0 Å². The number of nitrogens with zero attached hydrogens (tertiary/aromatic N) is 3. The first-order valence-electron chi connectivity index (χ1n) is 8.70. The number of carbonyl (C=O) groups is 2. The van der Waals surface area contributed by atoms with E-state index in [1.54, 1.807) is 13.8 Å². The lowest BCUT2D eigenvalue weighted by Gasteiger charge is -2.30. The molecule has 0 aromatic carbocycles. The van der Waals surface area contributed by atoms with E-state index >= 15 is 0 Å². The van der Waals surface area contributed by atoms with Crippen LogP contribution in [0.2, 0.25) is 0 Å². The largest absolute Gasteiger partial charge is 0.361 e. The van der Waals surface area contributed by atoms with Gasteiger partial charge in [-0.2, -0.15) is 5.10 Å². The van der Waals surface area contributed by atoms with Gasteiger partial charge in [0.1, 0.15) is 17.0 Å². The smallest absolute Gasteiger partial charge is 0.271 e. The minimum absolute atomic E-state index is 0.116. The number of hydrogen-bond donors (Lipinski definition) is 3. The number of aromatic nitrogens is 3. The zero-order valence-electron chi connectivity index (χ0n) is 15.8. The van der Waals surface area contributed by atoms with Gasteiger partial charge in [-0.3, -0.25) is 14.7 Å². The van der Waals surface area contributed by atoms with Gasteiger partial charge in [0.15, 0.2) is 0 Å². The molecule has 28 heavy (non-hydrogen) atoms. The molecule has 3 N–H and O–H groups in total.